The van der Waals surface area contributed by atoms with E-state index >= 15 is 0 Å². The Morgan fingerprint density at radius 3 is 2.50 bits per heavy atom. The molecular formula is C14H26N2O3S. The summed E-state index contributed by atoms with van der Waals surface area (Å²) in [7, 11) is -3.50. The van der Waals surface area contributed by atoms with Crippen LogP contribution in [-0.2, 0) is 14.8 Å². The van der Waals surface area contributed by atoms with E-state index in [0.717, 1.165) is 31.6 Å². The molecule has 0 bridgehead atoms. The van der Waals surface area contributed by atoms with Gasteiger partial charge in [0, 0.05) is 19.0 Å². The van der Waals surface area contributed by atoms with Crippen molar-refractivity contribution in [3.8, 4) is 0 Å². The summed E-state index contributed by atoms with van der Waals surface area (Å²) in [6.45, 7) is 0.683. The quantitative estimate of drug-likeness (QED) is 0.809. The maximum atomic E-state index is 12.2. The molecule has 2 rings (SSSR count). The second kappa shape index (κ2) is 6.89. The fourth-order valence-electron chi connectivity index (χ4n) is 3.59. The number of hydrogen-bond acceptors (Lipinski definition) is 3. The predicted molar refractivity (Wildman–Crippen MR) is 78.5 cm³/mol. The lowest BCUT2D eigenvalue weighted by Gasteiger charge is -2.24. The van der Waals surface area contributed by atoms with Crippen molar-refractivity contribution in [1.82, 2.24) is 4.90 Å². The molecule has 1 atom stereocenters. The predicted octanol–water partition coefficient (Wildman–Crippen LogP) is 1.63. The summed E-state index contributed by atoms with van der Waals surface area (Å²) >= 11 is 0. The molecule has 6 heteroatoms. The molecule has 1 heterocycles. The molecule has 1 amide bonds. The lowest BCUT2D eigenvalue weighted by molar-refractivity contribution is -0.131. The van der Waals surface area contributed by atoms with Gasteiger partial charge in [-0.3, -0.25) is 4.79 Å². The van der Waals surface area contributed by atoms with Gasteiger partial charge in [0.15, 0.2) is 0 Å². The Balaban J connectivity index is 1.75. The van der Waals surface area contributed by atoms with E-state index in [9.17, 15) is 13.2 Å². The van der Waals surface area contributed by atoms with E-state index in [0.29, 0.717) is 13.0 Å². The molecule has 1 saturated heterocycles. The summed E-state index contributed by atoms with van der Waals surface area (Å²) in [5.74, 6) is 0.817. The first-order chi connectivity index (χ1) is 9.46. The number of sulfonamides is 1. The van der Waals surface area contributed by atoms with Gasteiger partial charge >= 0.3 is 0 Å². The average Bonchev–Trinajstić information content (AvgIpc) is 2.98. The largest absolute Gasteiger partial charge is 0.339 e. The minimum absolute atomic E-state index is 0.0959. The highest BCUT2D eigenvalue weighted by Crippen LogP contribution is 2.29. The van der Waals surface area contributed by atoms with E-state index < -0.39 is 10.0 Å². The van der Waals surface area contributed by atoms with Crippen LogP contribution < -0.4 is 5.14 Å². The van der Waals surface area contributed by atoms with Crippen molar-refractivity contribution in [1.29, 1.82) is 0 Å². The highest BCUT2D eigenvalue weighted by molar-refractivity contribution is 7.89. The molecule has 0 aromatic heterocycles. The van der Waals surface area contributed by atoms with Gasteiger partial charge in [-0.1, -0.05) is 25.7 Å². The van der Waals surface area contributed by atoms with Crippen LogP contribution in [0.2, 0.25) is 0 Å². The topological polar surface area (TPSA) is 80.5 Å². The monoisotopic (exact) mass is 302 g/mol. The zero-order valence-corrected chi connectivity index (χ0v) is 12.9. The van der Waals surface area contributed by atoms with Crippen molar-refractivity contribution in [2.24, 2.45) is 11.1 Å². The second-order valence-electron chi connectivity index (χ2n) is 6.26. The van der Waals surface area contributed by atoms with Crippen molar-refractivity contribution in [2.45, 2.75) is 63.8 Å². The van der Waals surface area contributed by atoms with E-state index in [2.05, 4.69) is 0 Å². The Morgan fingerprint density at radius 1 is 1.15 bits per heavy atom. The summed E-state index contributed by atoms with van der Waals surface area (Å²) in [6, 6.07) is -0.205. The van der Waals surface area contributed by atoms with Crippen molar-refractivity contribution in [3.63, 3.8) is 0 Å². The lowest BCUT2D eigenvalue weighted by atomic mass is 10.0. The van der Waals surface area contributed by atoms with Crippen LogP contribution in [0.1, 0.15) is 57.8 Å². The van der Waals surface area contributed by atoms with E-state index in [1.54, 1.807) is 4.90 Å². The fourth-order valence-corrected chi connectivity index (χ4v) is 4.47. The van der Waals surface area contributed by atoms with E-state index in [1.165, 1.54) is 25.7 Å². The van der Waals surface area contributed by atoms with Crippen LogP contribution in [0.5, 0.6) is 0 Å². The van der Waals surface area contributed by atoms with E-state index in [-0.39, 0.29) is 17.7 Å². The number of carbonyl (C=O) groups is 1. The van der Waals surface area contributed by atoms with Crippen molar-refractivity contribution >= 4 is 15.9 Å². The maximum Gasteiger partial charge on any atom is 0.222 e. The van der Waals surface area contributed by atoms with Crippen LogP contribution >= 0.6 is 0 Å². The maximum absolute atomic E-state index is 12.2. The third kappa shape index (κ3) is 4.74. The Morgan fingerprint density at radius 2 is 1.85 bits per heavy atom. The summed E-state index contributed by atoms with van der Waals surface area (Å²) in [5.41, 5.74) is 0. The molecule has 0 aromatic carbocycles. The third-order valence-corrected chi connectivity index (χ3v) is 5.45. The number of carbonyl (C=O) groups excluding carboxylic acids is 1. The average molecular weight is 302 g/mol. The zero-order chi connectivity index (χ0) is 14.6. The molecule has 1 aliphatic heterocycles. The first-order valence-corrected chi connectivity index (χ1v) is 9.47. The van der Waals surface area contributed by atoms with Gasteiger partial charge in [-0.25, -0.2) is 13.6 Å². The van der Waals surface area contributed by atoms with Crippen molar-refractivity contribution in [2.75, 3.05) is 12.3 Å². The van der Waals surface area contributed by atoms with Crippen LogP contribution in [0.25, 0.3) is 0 Å². The van der Waals surface area contributed by atoms with Gasteiger partial charge < -0.3 is 4.90 Å². The fraction of sp³-hybridized carbons (Fsp3) is 0.929. The molecule has 2 fully saturated rings. The number of nitrogens with two attached hydrogens (primary N) is 1. The first kappa shape index (κ1) is 15.8. The number of nitrogens with zero attached hydrogens (tertiary/aromatic N) is 1. The molecule has 0 aromatic rings. The Labute approximate surface area is 121 Å². The SMILES string of the molecule is NS(=O)(=O)C[C@H]1CCCN1C(=O)CCCC1CCCC1. The van der Waals surface area contributed by atoms with Crippen molar-refractivity contribution < 1.29 is 13.2 Å². The van der Waals surface area contributed by atoms with Gasteiger partial charge in [-0.05, 0) is 31.6 Å². The molecule has 1 aliphatic carbocycles. The molecule has 20 heavy (non-hydrogen) atoms. The summed E-state index contributed by atoms with van der Waals surface area (Å²) < 4.78 is 22.4. The first-order valence-electron chi connectivity index (χ1n) is 7.75. The number of primary sulfonamides is 1. The highest BCUT2D eigenvalue weighted by Gasteiger charge is 2.31. The minimum Gasteiger partial charge on any atom is -0.339 e. The summed E-state index contributed by atoms with van der Waals surface area (Å²) in [4.78, 5) is 13.9. The normalized spacial score (nSPS) is 24.4. The van der Waals surface area contributed by atoms with Gasteiger partial charge in [0.2, 0.25) is 15.9 Å². The number of likely N-dealkylation sites (tertiary alicyclic amines) is 1. The molecule has 0 spiro atoms. The van der Waals surface area contributed by atoms with Crippen LogP contribution in [0.4, 0.5) is 0 Å². The van der Waals surface area contributed by atoms with Gasteiger partial charge in [-0.2, -0.15) is 0 Å². The molecular weight excluding hydrogens is 276 g/mol. The second-order valence-corrected chi connectivity index (χ2v) is 7.91. The molecule has 2 N–H and O–H groups in total. The van der Waals surface area contributed by atoms with Gasteiger partial charge in [0.1, 0.15) is 0 Å². The number of hydrogen-bond donors (Lipinski definition) is 1. The molecule has 1 saturated carbocycles. The Hall–Kier alpha value is -0.620. The van der Waals surface area contributed by atoms with Crippen molar-refractivity contribution in [3.05, 3.63) is 0 Å². The summed E-state index contributed by atoms with van der Waals surface area (Å²) in [6.07, 6.45) is 9.55. The third-order valence-electron chi connectivity index (χ3n) is 4.60. The minimum atomic E-state index is -3.50. The van der Waals surface area contributed by atoms with Gasteiger partial charge in [0.05, 0.1) is 5.75 Å². The standard InChI is InChI=1S/C14H26N2O3S/c15-20(18,19)11-13-8-4-10-16(13)14(17)9-3-7-12-5-1-2-6-12/h12-13H,1-11H2,(H2,15,18,19)/t13-/m1/s1. The number of amides is 1. The smallest absolute Gasteiger partial charge is 0.222 e. The van der Waals surface area contributed by atoms with Gasteiger partial charge in [0.25, 0.3) is 0 Å². The van der Waals surface area contributed by atoms with E-state index in [4.69, 9.17) is 5.14 Å². The molecule has 2 aliphatic rings. The molecule has 0 unspecified atom stereocenters. The molecule has 5 nitrogen and oxygen atoms in total. The van der Waals surface area contributed by atoms with Crippen LogP contribution in [0, 0.1) is 5.92 Å². The number of rotatable bonds is 6. The van der Waals surface area contributed by atoms with E-state index in [1.807, 2.05) is 0 Å². The Kier molecular flexibility index (Phi) is 5.43. The van der Waals surface area contributed by atoms with Crippen LogP contribution in [0.15, 0.2) is 0 Å². The summed E-state index contributed by atoms with van der Waals surface area (Å²) in [5, 5.41) is 5.09. The van der Waals surface area contributed by atoms with Gasteiger partial charge in [-0.15, -0.1) is 0 Å². The zero-order valence-electron chi connectivity index (χ0n) is 12.1. The molecule has 0 radical (unpaired) electrons. The van der Waals surface area contributed by atoms with Crippen LogP contribution in [-0.4, -0.2) is 37.6 Å². The highest BCUT2D eigenvalue weighted by atomic mass is 32.2. The lowest BCUT2D eigenvalue weighted by Crippen LogP contribution is -2.41. The van der Waals surface area contributed by atoms with Crippen LogP contribution in [0.3, 0.4) is 0 Å². The Bertz CT molecular complexity index is 430. The molecule has 116 valence electrons.